The molecule has 3 atom stereocenters. The summed E-state index contributed by atoms with van der Waals surface area (Å²) in [5.41, 5.74) is 4.95. The zero-order valence-electron chi connectivity index (χ0n) is 21.1. The molecule has 5 rings (SSSR count). The van der Waals surface area contributed by atoms with Gasteiger partial charge in [-0.3, -0.25) is 9.59 Å². The van der Waals surface area contributed by atoms with E-state index >= 15 is 0 Å². The van der Waals surface area contributed by atoms with Crippen molar-refractivity contribution in [3.8, 4) is 11.5 Å². The van der Waals surface area contributed by atoms with Gasteiger partial charge in [0, 0.05) is 11.3 Å². The molecule has 2 N–H and O–H groups in total. The van der Waals surface area contributed by atoms with Crippen LogP contribution >= 0.6 is 0 Å². The van der Waals surface area contributed by atoms with Crippen molar-refractivity contribution >= 4 is 23.1 Å². The summed E-state index contributed by atoms with van der Waals surface area (Å²) in [4.78, 5) is 26.4. The van der Waals surface area contributed by atoms with Crippen molar-refractivity contribution in [1.29, 1.82) is 0 Å². The molecular weight excluding hydrogens is 468 g/mol. The molecule has 7 nitrogen and oxygen atoms in total. The molecule has 0 unspecified atom stereocenters. The SMILES string of the molecule is COC(=O)[C@@H]1C(=O)C2=C(C[C@@H]1C)Nc1ccccc1N[C@H]2c1ccc(OCc2ccccc2)c(OC)c1. The first-order valence-electron chi connectivity index (χ1n) is 12.3. The van der Waals surface area contributed by atoms with Gasteiger partial charge in [-0.2, -0.15) is 0 Å². The molecule has 2 aliphatic rings. The Morgan fingerprint density at radius 2 is 1.68 bits per heavy atom. The fourth-order valence-corrected chi connectivity index (χ4v) is 5.10. The molecule has 0 amide bonds. The van der Waals surface area contributed by atoms with Gasteiger partial charge in [-0.05, 0) is 47.7 Å². The van der Waals surface area contributed by atoms with E-state index in [0.717, 1.165) is 28.2 Å². The Labute approximate surface area is 216 Å². The highest BCUT2D eigenvalue weighted by molar-refractivity contribution is 6.11. The lowest BCUT2D eigenvalue weighted by Gasteiger charge is -2.32. The number of methoxy groups -OCH3 is 2. The number of rotatable bonds is 6. The maximum atomic E-state index is 13.8. The van der Waals surface area contributed by atoms with Gasteiger partial charge in [-0.1, -0.05) is 55.5 Å². The summed E-state index contributed by atoms with van der Waals surface area (Å²) in [5, 5.41) is 7.00. The van der Waals surface area contributed by atoms with Crippen LogP contribution in [0.3, 0.4) is 0 Å². The molecule has 0 bridgehead atoms. The molecule has 37 heavy (non-hydrogen) atoms. The first-order chi connectivity index (χ1) is 18.0. The van der Waals surface area contributed by atoms with Crippen LogP contribution in [0.25, 0.3) is 0 Å². The smallest absolute Gasteiger partial charge is 0.316 e. The highest BCUT2D eigenvalue weighted by Crippen LogP contribution is 2.45. The van der Waals surface area contributed by atoms with Gasteiger partial charge >= 0.3 is 5.97 Å². The number of allylic oxidation sites excluding steroid dienone is 1. The first kappa shape index (κ1) is 24.4. The lowest BCUT2D eigenvalue weighted by Crippen LogP contribution is -2.39. The zero-order valence-corrected chi connectivity index (χ0v) is 21.1. The molecule has 0 radical (unpaired) electrons. The minimum absolute atomic E-state index is 0.194. The monoisotopic (exact) mass is 498 g/mol. The number of Topliss-reactive ketones (excluding diaryl/α,β-unsaturated/α-hetero) is 1. The van der Waals surface area contributed by atoms with Crippen LogP contribution in [-0.2, 0) is 20.9 Å². The van der Waals surface area contributed by atoms with Gasteiger partial charge in [0.15, 0.2) is 17.3 Å². The van der Waals surface area contributed by atoms with Crippen molar-refractivity contribution in [2.45, 2.75) is 26.0 Å². The maximum absolute atomic E-state index is 13.8. The van der Waals surface area contributed by atoms with Crippen molar-refractivity contribution in [2.24, 2.45) is 11.8 Å². The minimum atomic E-state index is -0.855. The van der Waals surface area contributed by atoms with Gasteiger partial charge in [0.05, 0.1) is 31.6 Å². The number of para-hydroxylation sites is 2. The Hall–Kier alpha value is -4.26. The molecule has 3 aromatic carbocycles. The van der Waals surface area contributed by atoms with E-state index < -0.39 is 17.9 Å². The number of anilines is 2. The average Bonchev–Trinajstić information content (AvgIpc) is 3.09. The van der Waals surface area contributed by atoms with Crippen LogP contribution in [0.1, 0.15) is 30.5 Å². The molecule has 190 valence electrons. The number of nitrogens with one attached hydrogen (secondary N) is 2. The Kier molecular flexibility index (Phi) is 6.86. The topological polar surface area (TPSA) is 85.9 Å². The second-order valence-corrected chi connectivity index (χ2v) is 9.37. The Bertz CT molecular complexity index is 1350. The molecule has 0 spiro atoms. The van der Waals surface area contributed by atoms with Crippen molar-refractivity contribution < 1.29 is 23.8 Å². The molecule has 0 saturated carbocycles. The summed E-state index contributed by atoms with van der Waals surface area (Å²) < 4.78 is 16.7. The number of hydrogen-bond acceptors (Lipinski definition) is 7. The lowest BCUT2D eigenvalue weighted by molar-refractivity contribution is -0.151. The standard InChI is InChI=1S/C30H30N2O5/c1-18-15-23-27(29(33)26(18)30(34)36-3)28(32-22-12-8-7-11-21(22)31-23)20-13-14-24(25(16-20)35-2)37-17-19-9-5-4-6-10-19/h4-14,16,18,26,28,31-32H,15,17H2,1-3H3/t18-,26-,28-/m0/s1. The molecule has 3 aromatic rings. The highest BCUT2D eigenvalue weighted by Gasteiger charge is 2.44. The van der Waals surface area contributed by atoms with Crippen LogP contribution in [0.15, 0.2) is 84.1 Å². The summed E-state index contributed by atoms with van der Waals surface area (Å²) in [6.07, 6.45) is 0.544. The van der Waals surface area contributed by atoms with Gasteiger partial charge in [-0.25, -0.2) is 0 Å². The van der Waals surface area contributed by atoms with Crippen LogP contribution < -0.4 is 20.1 Å². The summed E-state index contributed by atoms with van der Waals surface area (Å²) >= 11 is 0. The van der Waals surface area contributed by atoms with Crippen LogP contribution in [0, 0.1) is 11.8 Å². The number of hydrogen-bond donors (Lipinski definition) is 2. The fourth-order valence-electron chi connectivity index (χ4n) is 5.10. The van der Waals surface area contributed by atoms with E-state index in [1.807, 2.05) is 79.7 Å². The highest BCUT2D eigenvalue weighted by atomic mass is 16.5. The molecule has 1 aliphatic carbocycles. The van der Waals surface area contributed by atoms with Gasteiger partial charge in [0.25, 0.3) is 0 Å². The molecule has 7 heteroatoms. The number of carbonyl (C=O) groups excluding carboxylic acids is 2. The van der Waals surface area contributed by atoms with E-state index in [9.17, 15) is 9.59 Å². The van der Waals surface area contributed by atoms with E-state index in [0.29, 0.717) is 30.1 Å². The van der Waals surface area contributed by atoms with Crippen LogP contribution in [0.2, 0.25) is 0 Å². The third kappa shape index (κ3) is 4.77. The van der Waals surface area contributed by atoms with Gasteiger partial charge < -0.3 is 24.8 Å². The van der Waals surface area contributed by atoms with E-state index in [4.69, 9.17) is 14.2 Å². The second-order valence-electron chi connectivity index (χ2n) is 9.37. The van der Waals surface area contributed by atoms with E-state index in [1.165, 1.54) is 7.11 Å². The van der Waals surface area contributed by atoms with Crippen molar-refractivity contribution in [1.82, 2.24) is 0 Å². The van der Waals surface area contributed by atoms with Crippen molar-refractivity contribution in [3.05, 3.63) is 95.2 Å². The van der Waals surface area contributed by atoms with Crippen LogP contribution in [0.4, 0.5) is 11.4 Å². The first-order valence-corrected chi connectivity index (χ1v) is 12.3. The Balaban J connectivity index is 1.54. The fraction of sp³-hybridized carbons (Fsp3) is 0.267. The molecule has 0 fully saturated rings. The molecule has 0 saturated heterocycles. The maximum Gasteiger partial charge on any atom is 0.316 e. The van der Waals surface area contributed by atoms with E-state index in [1.54, 1.807) is 7.11 Å². The van der Waals surface area contributed by atoms with Gasteiger partial charge in [0.2, 0.25) is 0 Å². The zero-order chi connectivity index (χ0) is 25.9. The Morgan fingerprint density at radius 3 is 2.41 bits per heavy atom. The summed E-state index contributed by atoms with van der Waals surface area (Å²) in [6.45, 7) is 2.31. The predicted molar refractivity (Wildman–Crippen MR) is 142 cm³/mol. The third-order valence-electron chi connectivity index (χ3n) is 6.98. The molecule has 1 heterocycles. The quantitative estimate of drug-likeness (QED) is 0.343. The van der Waals surface area contributed by atoms with Crippen molar-refractivity contribution in [2.75, 3.05) is 24.9 Å². The summed E-state index contributed by atoms with van der Waals surface area (Å²) in [7, 11) is 2.92. The number of benzene rings is 3. The third-order valence-corrected chi connectivity index (χ3v) is 6.98. The number of carbonyl (C=O) groups is 2. The van der Waals surface area contributed by atoms with Gasteiger partial charge in [0.1, 0.15) is 12.5 Å². The van der Waals surface area contributed by atoms with Crippen LogP contribution in [-0.4, -0.2) is 26.0 Å². The number of ether oxygens (including phenoxy) is 3. The average molecular weight is 499 g/mol. The lowest BCUT2D eigenvalue weighted by atomic mass is 9.75. The predicted octanol–water partition coefficient (Wildman–Crippen LogP) is 5.51. The number of ketones is 1. The second kappa shape index (κ2) is 10.4. The van der Waals surface area contributed by atoms with Crippen molar-refractivity contribution in [3.63, 3.8) is 0 Å². The van der Waals surface area contributed by atoms with Gasteiger partial charge in [-0.15, -0.1) is 0 Å². The molecule has 1 aliphatic heterocycles. The molecular formula is C30H30N2O5. The molecule has 0 aromatic heterocycles. The number of fused-ring (bicyclic) bond motifs is 1. The minimum Gasteiger partial charge on any atom is -0.493 e. The summed E-state index contributed by atoms with van der Waals surface area (Å²) in [6, 6.07) is 22.9. The van der Waals surface area contributed by atoms with Crippen LogP contribution in [0.5, 0.6) is 11.5 Å². The summed E-state index contributed by atoms with van der Waals surface area (Å²) in [5.74, 6) is -0.628. The Morgan fingerprint density at radius 1 is 0.946 bits per heavy atom. The van der Waals surface area contributed by atoms with E-state index in [-0.39, 0.29) is 11.7 Å². The normalized spacial score (nSPS) is 20.5. The van der Waals surface area contributed by atoms with E-state index in [2.05, 4.69) is 10.6 Å². The largest absolute Gasteiger partial charge is 0.493 e. The number of esters is 1.